The third kappa shape index (κ3) is 4.14. The Labute approximate surface area is 169 Å². The van der Waals surface area contributed by atoms with Gasteiger partial charge in [-0.05, 0) is 37.9 Å². The zero-order valence-corrected chi connectivity index (χ0v) is 16.4. The Balaban J connectivity index is 2.29. The van der Waals surface area contributed by atoms with Crippen LogP contribution in [0.1, 0.15) is 36.9 Å². The molecular formula is C20H18ClF5N2O. The van der Waals surface area contributed by atoms with Crippen LogP contribution in [0.5, 0.6) is 0 Å². The van der Waals surface area contributed by atoms with Crippen LogP contribution in [0.4, 0.5) is 22.0 Å². The van der Waals surface area contributed by atoms with Gasteiger partial charge in [0.15, 0.2) is 5.82 Å². The van der Waals surface area contributed by atoms with E-state index in [1.165, 1.54) is 0 Å². The highest BCUT2D eigenvalue weighted by Gasteiger charge is 2.43. The molecule has 1 heterocycles. The molecule has 0 saturated heterocycles. The molecule has 1 aromatic heterocycles. The van der Waals surface area contributed by atoms with Gasteiger partial charge in [0.1, 0.15) is 17.3 Å². The normalized spacial score (nSPS) is 15.4. The molecule has 1 fully saturated rings. The Hall–Kier alpha value is -2.06. The Morgan fingerprint density at radius 2 is 1.90 bits per heavy atom. The number of nitrogens with zero attached hydrogens (tertiary/aromatic N) is 1. The summed E-state index contributed by atoms with van der Waals surface area (Å²) in [6.07, 6.45) is 1.69. The third-order valence-electron chi connectivity index (χ3n) is 5.02. The van der Waals surface area contributed by atoms with Crippen LogP contribution < -0.4 is 5.32 Å². The fraction of sp³-hybridized carbons (Fsp3) is 0.400. The molecule has 1 aliphatic carbocycles. The molecule has 1 aliphatic rings. The summed E-state index contributed by atoms with van der Waals surface area (Å²) in [7, 11) is 1.67. The zero-order chi connectivity index (χ0) is 21.5. The number of likely N-dealkylation sites (N-methyl/N-ethyl adjacent to an activating group) is 1. The fourth-order valence-electron chi connectivity index (χ4n) is 3.27. The summed E-state index contributed by atoms with van der Waals surface area (Å²) in [6, 6.07) is 2.09. The SMILES string of the molecule is CNCC(c1cc(C(F)(F)C(C)=O)c(F)c(-c2cc(Cl)c(F)cc2F)n1)C1CC1. The lowest BCUT2D eigenvalue weighted by Gasteiger charge is -2.21. The van der Waals surface area contributed by atoms with Crippen molar-refractivity contribution in [3.8, 4) is 11.3 Å². The van der Waals surface area contributed by atoms with Gasteiger partial charge in [-0.15, -0.1) is 0 Å². The lowest BCUT2D eigenvalue weighted by Crippen LogP contribution is -2.27. The van der Waals surface area contributed by atoms with Gasteiger partial charge in [0.2, 0.25) is 5.78 Å². The molecule has 9 heteroatoms. The molecule has 0 amide bonds. The number of nitrogens with one attached hydrogen (secondary N) is 1. The van der Waals surface area contributed by atoms with Gasteiger partial charge in [-0.25, -0.2) is 18.2 Å². The molecule has 3 rings (SSSR count). The first-order valence-corrected chi connectivity index (χ1v) is 9.35. The van der Waals surface area contributed by atoms with Crippen molar-refractivity contribution >= 4 is 17.4 Å². The molecule has 0 bridgehead atoms. The van der Waals surface area contributed by atoms with Crippen LogP contribution in [0.3, 0.4) is 0 Å². The predicted octanol–water partition coefficient (Wildman–Crippen LogP) is 5.21. The van der Waals surface area contributed by atoms with Crippen molar-refractivity contribution in [1.82, 2.24) is 10.3 Å². The first-order valence-electron chi connectivity index (χ1n) is 8.97. The third-order valence-corrected chi connectivity index (χ3v) is 5.31. The van der Waals surface area contributed by atoms with Crippen molar-refractivity contribution in [1.29, 1.82) is 0 Å². The van der Waals surface area contributed by atoms with E-state index < -0.39 is 51.0 Å². The summed E-state index contributed by atoms with van der Waals surface area (Å²) in [5.74, 6) is -9.71. The largest absolute Gasteiger partial charge is 0.333 e. The van der Waals surface area contributed by atoms with Crippen LogP contribution in [0.2, 0.25) is 5.02 Å². The van der Waals surface area contributed by atoms with E-state index in [1.54, 1.807) is 7.05 Å². The molecule has 1 aromatic carbocycles. The first kappa shape index (κ1) is 21.6. The van der Waals surface area contributed by atoms with Crippen LogP contribution >= 0.6 is 11.6 Å². The predicted molar refractivity (Wildman–Crippen MR) is 98.5 cm³/mol. The quantitative estimate of drug-likeness (QED) is 0.482. The molecule has 0 radical (unpaired) electrons. The van der Waals surface area contributed by atoms with E-state index in [9.17, 15) is 22.4 Å². The van der Waals surface area contributed by atoms with Gasteiger partial charge in [-0.2, -0.15) is 8.78 Å². The molecule has 2 aromatic rings. The second kappa shape index (κ2) is 7.99. The van der Waals surface area contributed by atoms with E-state index >= 15 is 4.39 Å². The zero-order valence-electron chi connectivity index (χ0n) is 15.6. The van der Waals surface area contributed by atoms with Crippen molar-refractivity contribution < 1.29 is 26.7 Å². The lowest BCUT2D eigenvalue weighted by atomic mass is 9.93. The Morgan fingerprint density at radius 3 is 2.45 bits per heavy atom. The second-order valence-corrected chi connectivity index (χ2v) is 7.54. The van der Waals surface area contributed by atoms with Crippen molar-refractivity contribution in [2.45, 2.75) is 31.6 Å². The summed E-state index contributed by atoms with van der Waals surface area (Å²) >= 11 is 5.68. The maximum Gasteiger partial charge on any atom is 0.333 e. The molecule has 156 valence electrons. The number of Topliss-reactive ketones (excluding diaryl/α,β-unsaturated/α-hetero) is 1. The number of halogens is 6. The molecule has 29 heavy (non-hydrogen) atoms. The van der Waals surface area contributed by atoms with Crippen LogP contribution in [0.15, 0.2) is 18.2 Å². The number of carbonyl (C=O) groups excluding carboxylic acids is 1. The number of aromatic nitrogens is 1. The molecule has 0 aliphatic heterocycles. The average molecular weight is 433 g/mol. The summed E-state index contributed by atoms with van der Waals surface area (Å²) in [5, 5.41) is 2.43. The summed E-state index contributed by atoms with van der Waals surface area (Å²) in [4.78, 5) is 15.6. The van der Waals surface area contributed by atoms with E-state index in [4.69, 9.17) is 11.6 Å². The molecular weight excluding hydrogens is 415 g/mol. The van der Waals surface area contributed by atoms with Gasteiger partial charge in [0, 0.05) is 36.7 Å². The van der Waals surface area contributed by atoms with Gasteiger partial charge in [-0.3, -0.25) is 4.79 Å². The van der Waals surface area contributed by atoms with E-state index in [-0.39, 0.29) is 17.5 Å². The highest BCUT2D eigenvalue weighted by atomic mass is 35.5. The highest BCUT2D eigenvalue weighted by molar-refractivity contribution is 6.31. The Bertz CT molecular complexity index is 962. The van der Waals surface area contributed by atoms with Crippen molar-refractivity contribution in [3.05, 3.63) is 51.9 Å². The van der Waals surface area contributed by atoms with E-state index in [0.717, 1.165) is 25.0 Å². The Kier molecular flexibility index (Phi) is 5.96. The number of carbonyl (C=O) groups is 1. The molecule has 1 N–H and O–H groups in total. The fourth-order valence-corrected chi connectivity index (χ4v) is 3.43. The van der Waals surface area contributed by atoms with Crippen LogP contribution in [0, 0.1) is 23.4 Å². The second-order valence-electron chi connectivity index (χ2n) is 7.14. The number of hydrogen-bond donors (Lipinski definition) is 1. The lowest BCUT2D eigenvalue weighted by molar-refractivity contribution is -0.142. The topological polar surface area (TPSA) is 42.0 Å². The van der Waals surface area contributed by atoms with Gasteiger partial charge in [0.25, 0.3) is 0 Å². The minimum atomic E-state index is -4.13. The van der Waals surface area contributed by atoms with Gasteiger partial charge < -0.3 is 5.32 Å². The maximum atomic E-state index is 15.1. The van der Waals surface area contributed by atoms with Crippen LogP contribution in [0.25, 0.3) is 11.3 Å². The molecule has 3 nitrogen and oxygen atoms in total. The van der Waals surface area contributed by atoms with Crippen molar-refractivity contribution in [2.75, 3.05) is 13.6 Å². The first-order chi connectivity index (χ1) is 13.6. The summed E-state index contributed by atoms with van der Waals surface area (Å²) in [5.41, 5.74) is -2.38. The maximum absolute atomic E-state index is 15.1. The monoisotopic (exact) mass is 432 g/mol. The molecule has 0 spiro atoms. The van der Waals surface area contributed by atoms with Gasteiger partial charge in [0.05, 0.1) is 10.6 Å². The molecule has 1 atom stereocenters. The smallest absolute Gasteiger partial charge is 0.319 e. The summed E-state index contributed by atoms with van der Waals surface area (Å²) in [6.45, 7) is 1.01. The number of alkyl halides is 2. The molecule has 1 unspecified atom stereocenters. The summed E-state index contributed by atoms with van der Waals surface area (Å²) < 4.78 is 72.0. The highest BCUT2D eigenvalue weighted by Crippen LogP contribution is 2.44. The minimum Gasteiger partial charge on any atom is -0.319 e. The van der Waals surface area contributed by atoms with Gasteiger partial charge >= 0.3 is 5.92 Å². The number of hydrogen-bond acceptors (Lipinski definition) is 3. The minimum absolute atomic E-state index is 0.106. The standard InChI is InChI=1S/C20H18ClF5N2O/c1-9(29)20(25,26)13-6-17(12(8-27-2)10-3-4-10)28-19(18(13)24)11-5-14(21)16(23)7-15(11)22/h5-7,10,12,27H,3-4,8H2,1-2H3. The van der Waals surface area contributed by atoms with Crippen molar-refractivity contribution in [3.63, 3.8) is 0 Å². The van der Waals surface area contributed by atoms with E-state index in [0.29, 0.717) is 19.5 Å². The van der Waals surface area contributed by atoms with E-state index in [1.807, 2.05) is 0 Å². The van der Waals surface area contributed by atoms with Crippen LogP contribution in [-0.2, 0) is 10.7 Å². The Morgan fingerprint density at radius 1 is 1.24 bits per heavy atom. The number of rotatable bonds is 7. The van der Waals surface area contributed by atoms with Gasteiger partial charge in [-0.1, -0.05) is 11.6 Å². The number of ketones is 1. The van der Waals surface area contributed by atoms with E-state index in [2.05, 4.69) is 10.3 Å². The number of pyridine rings is 1. The van der Waals surface area contributed by atoms with Crippen molar-refractivity contribution in [2.24, 2.45) is 5.92 Å². The number of benzene rings is 1. The van der Waals surface area contributed by atoms with Crippen LogP contribution in [-0.4, -0.2) is 24.4 Å². The molecule has 1 saturated carbocycles. The average Bonchev–Trinajstić information content (AvgIpc) is 3.48.